The molecule has 4 aliphatic carbocycles. The minimum atomic E-state index is 0.722. The third-order valence-corrected chi connectivity index (χ3v) is 14.0. The van der Waals surface area contributed by atoms with E-state index in [9.17, 15) is 0 Å². The molecule has 0 amide bonds. The van der Waals surface area contributed by atoms with Crippen LogP contribution in [0.2, 0.25) is 0 Å². The van der Waals surface area contributed by atoms with Gasteiger partial charge in [-0.2, -0.15) is 0 Å². The molecule has 0 unspecified atom stereocenters. The monoisotopic (exact) mass is 712 g/mol. The summed E-state index contributed by atoms with van der Waals surface area (Å²) in [6, 6.07) is 35.8. The van der Waals surface area contributed by atoms with E-state index in [1.54, 1.807) is 28.6 Å². The first-order chi connectivity index (χ1) is 26.7. The first-order valence-electron chi connectivity index (χ1n) is 22.1. The smallest absolute Gasteiger partial charge is 0.116 e. The van der Waals surface area contributed by atoms with Gasteiger partial charge in [-0.3, -0.25) is 0 Å². The molecule has 1 aromatic heterocycles. The molecule has 2 heteroatoms. The SMILES string of the molecule is c1nc(-c2ccc(-c3cc(C4CCCCC4)cc(C4CCCCC4)c3)cc2)cc(-c2ccc(-c3cc(C4CCCCC4)cc(C4CCCCC4)c3)cc2)n1. The predicted molar refractivity (Wildman–Crippen MR) is 227 cm³/mol. The van der Waals surface area contributed by atoms with Crippen LogP contribution in [0.25, 0.3) is 44.8 Å². The Morgan fingerprint density at radius 2 is 0.556 bits per heavy atom. The molecule has 0 bridgehead atoms. The van der Waals surface area contributed by atoms with Crippen molar-refractivity contribution < 1.29 is 0 Å². The largest absolute Gasteiger partial charge is 0.236 e. The number of rotatable bonds is 8. The van der Waals surface area contributed by atoms with Crippen LogP contribution in [-0.4, -0.2) is 9.97 Å². The van der Waals surface area contributed by atoms with Gasteiger partial charge >= 0.3 is 0 Å². The van der Waals surface area contributed by atoms with Crippen molar-refractivity contribution in [1.29, 1.82) is 0 Å². The van der Waals surface area contributed by atoms with Crippen molar-refractivity contribution in [1.82, 2.24) is 9.97 Å². The van der Waals surface area contributed by atoms with E-state index in [1.165, 1.54) is 151 Å². The summed E-state index contributed by atoms with van der Waals surface area (Å²) in [5.41, 5.74) is 16.0. The molecule has 9 rings (SSSR count). The molecule has 0 radical (unpaired) electrons. The Morgan fingerprint density at radius 1 is 0.278 bits per heavy atom. The lowest BCUT2D eigenvalue weighted by Gasteiger charge is -2.27. The van der Waals surface area contributed by atoms with E-state index in [2.05, 4.69) is 91.0 Å². The highest BCUT2D eigenvalue weighted by Crippen LogP contribution is 2.42. The number of hydrogen-bond donors (Lipinski definition) is 0. The molecule has 4 saturated carbocycles. The van der Waals surface area contributed by atoms with Crippen molar-refractivity contribution >= 4 is 0 Å². The molecule has 0 atom stereocenters. The lowest BCUT2D eigenvalue weighted by molar-refractivity contribution is 0.435. The second-order valence-corrected chi connectivity index (χ2v) is 17.6. The predicted octanol–water partition coefficient (Wildman–Crippen LogP) is 15.3. The van der Waals surface area contributed by atoms with E-state index >= 15 is 0 Å². The normalized spacial score (nSPS) is 19.6. The summed E-state index contributed by atoms with van der Waals surface area (Å²) in [6.07, 6.45) is 29.1. The summed E-state index contributed by atoms with van der Waals surface area (Å²) in [4.78, 5) is 9.50. The van der Waals surface area contributed by atoms with E-state index in [-0.39, 0.29) is 0 Å². The van der Waals surface area contributed by atoms with Crippen molar-refractivity contribution in [3.63, 3.8) is 0 Å². The summed E-state index contributed by atoms with van der Waals surface area (Å²) < 4.78 is 0. The number of hydrogen-bond acceptors (Lipinski definition) is 2. The maximum Gasteiger partial charge on any atom is 0.116 e. The lowest BCUT2D eigenvalue weighted by Crippen LogP contribution is -2.08. The highest BCUT2D eigenvalue weighted by Gasteiger charge is 2.23. The molecule has 4 aromatic carbocycles. The molecular formula is C52H60N2. The average molecular weight is 713 g/mol. The van der Waals surface area contributed by atoms with E-state index in [4.69, 9.17) is 9.97 Å². The van der Waals surface area contributed by atoms with Crippen LogP contribution in [0.1, 0.15) is 174 Å². The summed E-state index contributed by atoms with van der Waals surface area (Å²) in [6.45, 7) is 0. The highest BCUT2D eigenvalue weighted by molar-refractivity contribution is 5.74. The van der Waals surface area contributed by atoms with Crippen molar-refractivity contribution in [2.45, 2.75) is 152 Å². The van der Waals surface area contributed by atoms with Gasteiger partial charge in [-0.25, -0.2) is 9.97 Å². The second kappa shape index (κ2) is 16.8. The van der Waals surface area contributed by atoms with Gasteiger partial charge in [0.25, 0.3) is 0 Å². The molecule has 0 N–H and O–H groups in total. The fourth-order valence-corrected chi connectivity index (χ4v) is 10.7. The Labute approximate surface area is 325 Å². The minimum absolute atomic E-state index is 0.722. The zero-order valence-corrected chi connectivity index (χ0v) is 32.6. The highest BCUT2D eigenvalue weighted by atomic mass is 14.8. The lowest BCUT2D eigenvalue weighted by atomic mass is 9.78. The second-order valence-electron chi connectivity index (χ2n) is 17.6. The van der Waals surface area contributed by atoms with Crippen LogP contribution < -0.4 is 0 Å². The van der Waals surface area contributed by atoms with E-state index in [0.717, 1.165) is 46.2 Å². The third-order valence-electron chi connectivity index (χ3n) is 14.0. The number of benzene rings is 4. The molecule has 0 aliphatic heterocycles. The van der Waals surface area contributed by atoms with Crippen LogP contribution in [0.5, 0.6) is 0 Å². The van der Waals surface area contributed by atoms with Gasteiger partial charge in [0.2, 0.25) is 0 Å². The molecule has 1 heterocycles. The van der Waals surface area contributed by atoms with E-state index < -0.39 is 0 Å². The standard InChI is InChI=1S/C52H60N2/c1-5-13-37(14-6-1)45-29-46(38-15-7-2-8-16-38)32-49(31-45)41-21-25-43(26-22-41)51-35-52(54-36-53-51)44-27-23-42(24-28-44)50-33-47(39-17-9-3-10-18-39)30-48(34-50)40-19-11-4-12-20-40/h21-40H,1-20H2. The Kier molecular flexibility index (Phi) is 11.1. The van der Waals surface area contributed by atoms with Crippen molar-refractivity contribution in [3.05, 3.63) is 120 Å². The van der Waals surface area contributed by atoms with Gasteiger partial charge in [0, 0.05) is 11.1 Å². The van der Waals surface area contributed by atoms with Crippen LogP contribution in [0, 0.1) is 0 Å². The van der Waals surface area contributed by atoms with Crippen LogP contribution >= 0.6 is 0 Å². The van der Waals surface area contributed by atoms with Crippen LogP contribution in [0.15, 0.2) is 97.3 Å². The van der Waals surface area contributed by atoms with Gasteiger partial charge in [-0.1, -0.05) is 162 Å². The van der Waals surface area contributed by atoms with Gasteiger partial charge in [-0.15, -0.1) is 0 Å². The summed E-state index contributed by atoms with van der Waals surface area (Å²) in [5, 5.41) is 0. The van der Waals surface area contributed by atoms with Gasteiger partial charge in [-0.05, 0) is 126 Å². The van der Waals surface area contributed by atoms with Crippen LogP contribution in [-0.2, 0) is 0 Å². The Morgan fingerprint density at radius 3 is 0.852 bits per heavy atom. The van der Waals surface area contributed by atoms with E-state index in [0.29, 0.717) is 0 Å². The summed E-state index contributed by atoms with van der Waals surface area (Å²) >= 11 is 0. The average Bonchev–Trinajstić information content (AvgIpc) is 3.27. The molecule has 0 saturated heterocycles. The zero-order valence-electron chi connectivity index (χ0n) is 32.6. The maximum atomic E-state index is 4.75. The Balaban J connectivity index is 0.960. The molecule has 278 valence electrons. The third kappa shape index (κ3) is 8.14. The Hall–Kier alpha value is -4.04. The summed E-state index contributed by atoms with van der Waals surface area (Å²) in [5.74, 6) is 2.89. The molecule has 4 fully saturated rings. The van der Waals surface area contributed by atoms with Crippen molar-refractivity contribution in [2.24, 2.45) is 0 Å². The van der Waals surface area contributed by atoms with Crippen molar-refractivity contribution in [2.75, 3.05) is 0 Å². The fraction of sp³-hybridized carbons (Fsp3) is 0.462. The zero-order chi connectivity index (χ0) is 36.1. The topological polar surface area (TPSA) is 25.8 Å². The number of nitrogens with zero attached hydrogens (tertiary/aromatic N) is 2. The molecule has 2 nitrogen and oxygen atoms in total. The maximum absolute atomic E-state index is 4.75. The van der Waals surface area contributed by atoms with Gasteiger partial charge in [0.05, 0.1) is 11.4 Å². The first-order valence-corrected chi connectivity index (χ1v) is 22.1. The van der Waals surface area contributed by atoms with Gasteiger partial charge < -0.3 is 0 Å². The van der Waals surface area contributed by atoms with Crippen LogP contribution in [0.3, 0.4) is 0 Å². The van der Waals surface area contributed by atoms with Crippen LogP contribution in [0.4, 0.5) is 0 Å². The van der Waals surface area contributed by atoms with E-state index in [1.807, 2.05) is 0 Å². The Bertz CT molecular complexity index is 1770. The number of aromatic nitrogens is 2. The molecule has 5 aromatic rings. The fourth-order valence-electron chi connectivity index (χ4n) is 10.7. The molecular weight excluding hydrogens is 653 g/mol. The van der Waals surface area contributed by atoms with Gasteiger partial charge in [0.1, 0.15) is 6.33 Å². The molecule has 54 heavy (non-hydrogen) atoms. The quantitative estimate of drug-likeness (QED) is 0.160. The molecule has 0 spiro atoms. The minimum Gasteiger partial charge on any atom is -0.236 e. The first kappa shape index (κ1) is 35.6. The van der Waals surface area contributed by atoms with Gasteiger partial charge in [0.15, 0.2) is 0 Å². The summed E-state index contributed by atoms with van der Waals surface area (Å²) in [7, 11) is 0. The van der Waals surface area contributed by atoms with Crippen molar-refractivity contribution in [3.8, 4) is 44.8 Å². The molecule has 4 aliphatic rings.